The first kappa shape index (κ1) is 80.1. The number of ether oxygens (including phenoxy) is 4. The third-order valence-electron chi connectivity index (χ3n) is 11.9. The molecule has 12 rings (SSSR count). The van der Waals surface area contributed by atoms with Crippen molar-refractivity contribution in [2.24, 2.45) is 0 Å². The van der Waals surface area contributed by atoms with E-state index in [0.29, 0.717) is 34.3 Å². The van der Waals surface area contributed by atoms with Crippen LogP contribution in [0.15, 0.2) is 301 Å². The summed E-state index contributed by atoms with van der Waals surface area (Å²) in [5.74, 6) is -1.34. The van der Waals surface area contributed by atoms with Crippen LogP contribution in [0.1, 0.15) is 51.8 Å². The number of fused-ring (bicyclic) bond motifs is 1. The first-order valence-electron chi connectivity index (χ1n) is 27.9. The van der Waals surface area contributed by atoms with Crippen molar-refractivity contribution in [2.75, 3.05) is 0 Å². The van der Waals surface area contributed by atoms with Crippen molar-refractivity contribution in [3.05, 3.63) is 319 Å². The number of carbonyl (C=O) groups is 5. The summed E-state index contributed by atoms with van der Waals surface area (Å²) in [5.41, 5.74) is 1.18. The van der Waals surface area contributed by atoms with Gasteiger partial charge in [0.2, 0.25) is 0 Å². The van der Waals surface area contributed by atoms with Crippen LogP contribution in [-0.2, 0) is 42.5 Å². The van der Waals surface area contributed by atoms with Gasteiger partial charge in [0.25, 0.3) is 0 Å². The average molecular weight is 1630 g/mol. The normalized spacial score (nSPS) is 10.5. The van der Waals surface area contributed by atoms with Crippen molar-refractivity contribution in [1.82, 2.24) is 0 Å². The van der Waals surface area contributed by atoms with Crippen molar-refractivity contribution in [2.45, 2.75) is 9.79 Å². The van der Waals surface area contributed by atoms with Gasteiger partial charge >= 0.3 is 119 Å². The number of aromatic hydroxyl groups is 6. The number of carbonyl (C=O) groups excluding carboxylic acids is 5. The van der Waals surface area contributed by atoms with Crippen LogP contribution in [0.25, 0.3) is 0 Å². The molecule has 0 amide bonds. The third-order valence-corrected chi connectivity index (χ3v) is 15.7. The quantitative estimate of drug-likeness (QED) is 0.0320. The molecule has 503 valence electrons. The molecule has 1 aliphatic heterocycles. The summed E-state index contributed by atoms with van der Waals surface area (Å²) < 4.78 is 92.4. The van der Waals surface area contributed by atoms with E-state index in [-0.39, 0.29) is 76.2 Å². The minimum atomic E-state index is -4.53. The number of esters is 4. The zero-order valence-electron chi connectivity index (χ0n) is 51.3. The van der Waals surface area contributed by atoms with Gasteiger partial charge in [-0.15, -0.1) is 0 Å². The molecule has 8 N–H and O–H groups in total. The summed E-state index contributed by atoms with van der Waals surface area (Å²) in [6, 6.07) is 77.2. The predicted molar refractivity (Wildman–Crippen MR) is 352 cm³/mol. The van der Waals surface area contributed by atoms with Crippen molar-refractivity contribution < 1.29 is 130 Å². The Morgan fingerprint density at radius 2 is 0.535 bits per heavy atom. The van der Waals surface area contributed by atoms with E-state index < -0.39 is 89.5 Å². The van der Waals surface area contributed by atoms with Gasteiger partial charge in [0.15, 0.2) is 0 Å². The van der Waals surface area contributed by atoms with E-state index in [9.17, 15) is 70.3 Å². The van der Waals surface area contributed by atoms with E-state index in [1.807, 2.05) is 30.3 Å². The van der Waals surface area contributed by atoms with Gasteiger partial charge in [0.05, 0.1) is 9.79 Å². The number of hydrogen-bond acceptors (Lipinski definition) is 23. The number of para-hydroxylation sites is 11. The summed E-state index contributed by atoms with van der Waals surface area (Å²) in [5, 5.41) is 55.6. The molecule has 0 bridgehead atoms. The molecule has 0 spiro atoms. The molecule has 28 heteroatoms. The van der Waals surface area contributed by atoms with Gasteiger partial charge in [-0.1, -0.05) is 146 Å². The monoisotopic (exact) mass is 1630 g/mol. The summed E-state index contributed by atoms with van der Waals surface area (Å²) in [4.78, 5) is 56.5. The Balaban J connectivity index is 0.000000246. The van der Waals surface area contributed by atoms with Crippen LogP contribution in [0, 0.1) is 0 Å². The molecule has 1 aliphatic rings. The van der Waals surface area contributed by atoms with Crippen LogP contribution in [0.2, 0.25) is 0 Å². The maximum atomic E-state index is 11.7. The van der Waals surface area contributed by atoms with Gasteiger partial charge in [-0.3, -0.25) is 0 Å². The van der Waals surface area contributed by atoms with Crippen molar-refractivity contribution in [3.8, 4) is 63.2 Å². The molecule has 0 atom stereocenters. The molecular formula is C71H56BiO24S2Zn. The number of phenolic OH excluding ortho intramolecular Hbond substituents is 6. The van der Waals surface area contributed by atoms with Crippen molar-refractivity contribution in [3.63, 3.8) is 0 Å². The number of benzene rings is 11. The van der Waals surface area contributed by atoms with Crippen LogP contribution < -0.4 is 21.8 Å². The van der Waals surface area contributed by atoms with Crippen LogP contribution in [-0.4, -0.2) is 116 Å². The van der Waals surface area contributed by atoms with Crippen LogP contribution in [0.4, 0.5) is 0 Å². The fourth-order valence-electron chi connectivity index (χ4n) is 7.38. The van der Waals surface area contributed by atoms with Crippen molar-refractivity contribution in [1.29, 1.82) is 0 Å². The second kappa shape index (κ2) is 40.9. The van der Waals surface area contributed by atoms with Crippen LogP contribution in [0.3, 0.4) is 0 Å². The second-order valence-corrected chi connectivity index (χ2v) is 23.5. The van der Waals surface area contributed by atoms with E-state index in [4.69, 9.17) is 34.8 Å². The first-order valence-corrected chi connectivity index (χ1v) is 33.5. The molecule has 1 heterocycles. The minimum absolute atomic E-state index is 0. The molecule has 0 fully saturated rings. The molecule has 0 saturated heterocycles. The van der Waals surface area contributed by atoms with E-state index in [0.717, 1.165) is 24.3 Å². The molecule has 0 aromatic heterocycles. The van der Waals surface area contributed by atoms with Gasteiger partial charge in [0.1, 0.15) is 100.0 Å². The van der Waals surface area contributed by atoms with E-state index in [2.05, 4.69) is 0 Å². The molecular weight excluding hydrogens is 1580 g/mol. The largest absolute Gasteiger partial charge is 2.00 e. The molecule has 11 aromatic rings. The Morgan fingerprint density at radius 1 is 0.313 bits per heavy atom. The van der Waals surface area contributed by atoms with E-state index in [1.165, 1.54) is 72.8 Å². The number of hydrogen-bond donors (Lipinski definition) is 6. The smallest absolute Gasteiger partial charge is 0.744 e. The maximum Gasteiger partial charge on any atom is 2.00 e. The minimum Gasteiger partial charge on any atom is -0.744 e. The van der Waals surface area contributed by atoms with Crippen LogP contribution in [0.5, 0.6) is 63.2 Å². The van der Waals surface area contributed by atoms with Crippen LogP contribution >= 0.6 is 0 Å². The number of phenols is 6. The summed E-state index contributed by atoms with van der Waals surface area (Å²) in [6.07, 6.45) is 0. The maximum absolute atomic E-state index is 11.7. The zero-order valence-corrected chi connectivity index (χ0v) is 59.4. The fourth-order valence-corrected chi connectivity index (χ4v) is 10.2. The Kier molecular flexibility index (Phi) is 33.1. The molecule has 0 unspecified atom stereocenters. The van der Waals surface area contributed by atoms with E-state index >= 15 is 0 Å². The Hall–Kier alpha value is -11.3. The Bertz CT molecular complexity index is 4180. The average Bonchev–Trinajstić information content (AvgIpc) is 0.934. The van der Waals surface area contributed by atoms with Gasteiger partial charge in [-0.25, -0.2) is 36.0 Å². The third kappa shape index (κ3) is 27.0. The topological polar surface area (TPSA) is 408 Å². The first-order chi connectivity index (χ1) is 46.5. The standard InChI is InChI=1S/4C13H10O3.C7H6O3.2C6H6O4S.Bi.H2O.Zn/c4*14-12-9-5-4-8-11(12)13(15)16-10-6-2-1-3-7-10;8-6-4-2-1-3-5(6)7(9)10;2*7-5-3-1-2-4-6(5)11(8,9)10;;;/h4*1-9,14H;1-4,8H,(H,9,10);2*1-4,7H,(H,8,9,10);;1H2;/q;;;;;;;+2;;+2/p-4. The fraction of sp³-hybridized carbons (Fsp3) is 0. The van der Waals surface area contributed by atoms with Crippen molar-refractivity contribution >= 4 is 74.2 Å². The summed E-state index contributed by atoms with van der Waals surface area (Å²) in [7, 11) is -9.07. The van der Waals surface area contributed by atoms with E-state index in [1.54, 1.807) is 164 Å². The van der Waals surface area contributed by atoms with Gasteiger partial charge in [0, 0.05) is 0 Å². The SMILES string of the molecule is O.O=C(Oc1ccccc1)c1ccccc1O.O=C(Oc1ccccc1)c1ccccc1O.O=C(Oc1ccccc1)c1ccccc1O.O=C(Oc1ccccc1)c1ccccc1O.O=C1[O][Bi][O]c2ccccc21.O=S(=O)([O-])c1ccccc1O.O=S(=O)([O-])c1ccccc1O.[Zn+2]. The molecule has 11 aromatic carbocycles. The second-order valence-electron chi connectivity index (χ2n) is 18.8. The predicted octanol–water partition coefficient (Wildman–Crippen LogP) is 11.0. The molecule has 24 nitrogen and oxygen atoms in total. The zero-order chi connectivity index (χ0) is 70.2. The molecule has 1 radical (unpaired) electrons. The molecule has 0 aliphatic carbocycles. The summed E-state index contributed by atoms with van der Waals surface area (Å²) >= 11 is -1.43. The molecule has 99 heavy (non-hydrogen) atoms. The van der Waals surface area contributed by atoms with Gasteiger partial charge in [-0.2, -0.15) is 0 Å². The van der Waals surface area contributed by atoms with Gasteiger partial charge < -0.3 is 64.2 Å². The Labute approximate surface area is 592 Å². The van der Waals surface area contributed by atoms with Gasteiger partial charge in [-0.05, 0) is 121 Å². The number of rotatable bonds is 10. The molecule has 0 saturated carbocycles. The Morgan fingerprint density at radius 3 is 0.768 bits per heavy atom. The summed E-state index contributed by atoms with van der Waals surface area (Å²) in [6.45, 7) is 0.